The summed E-state index contributed by atoms with van der Waals surface area (Å²) >= 11 is 0. The first-order valence-corrected chi connectivity index (χ1v) is 11.7. The maximum absolute atomic E-state index is 13.6. The fourth-order valence-electron chi connectivity index (χ4n) is 5.73. The van der Waals surface area contributed by atoms with Crippen molar-refractivity contribution in [1.29, 1.82) is 0 Å². The molecule has 3 heterocycles. The van der Waals surface area contributed by atoms with Crippen molar-refractivity contribution in [2.24, 2.45) is 5.92 Å². The average Bonchev–Trinajstić information content (AvgIpc) is 2.76. The molecule has 1 saturated heterocycles. The number of nitrogens with one attached hydrogen (secondary N) is 2. The van der Waals surface area contributed by atoms with Crippen LogP contribution in [0.15, 0.2) is 65.5 Å². The third-order valence-electron chi connectivity index (χ3n) is 7.02. The lowest BCUT2D eigenvalue weighted by Crippen LogP contribution is -3.13. The van der Waals surface area contributed by atoms with Crippen molar-refractivity contribution in [1.82, 2.24) is 4.57 Å². The number of likely N-dealkylation sites (tertiary alicyclic amines) is 1. The number of fused-ring (bicyclic) bond motifs is 4. The number of benzene rings is 2. The second kappa shape index (κ2) is 8.64. The van der Waals surface area contributed by atoms with E-state index in [4.69, 9.17) is 0 Å². The first kappa shape index (κ1) is 21.1. The Morgan fingerprint density at radius 1 is 1.00 bits per heavy atom. The van der Waals surface area contributed by atoms with Crippen LogP contribution in [0.1, 0.15) is 29.2 Å². The quantitative estimate of drug-likeness (QED) is 0.628. The van der Waals surface area contributed by atoms with E-state index in [9.17, 15) is 9.18 Å². The number of pyridine rings is 1. The molecule has 1 fully saturated rings. The number of aromatic nitrogens is 1. The monoisotopic (exact) mass is 433 g/mol. The molecule has 166 valence electrons. The second-order valence-electron chi connectivity index (χ2n) is 9.89. The van der Waals surface area contributed by atoms with E-state index in [1.165, 1.54) is 26.6 Å². The van der Waals surface area contributed by atoms with E-state index in [2.05, 4.69) is 42.9 Å². The number of piperidine rings is 1. The normalized spacial score (nSPS) is 22.1. The van der Waals surface area contributed by atoms with Crippen LogP contribution in [0.4, 0.5) is 4.39 Å². The molecule has 0 saturated carbocycles. The highest BCUT2D eigenvalue weighted by Gasteiger charge is 2.37. The van der Waals surface area contributed by atoms with E-state index in [1.54, 1.807) is 12.1 Å². The van der Waals surface area contributed by atoms with E-state index in [-0.39, 0.29) is 11.4 Å². The van der Waals surface area contributed by atoms with Crippen molar-refractivity contribution in [3.63, 3.8) is 0 Å². The van der Waals surface area contributed by atoms with Crippen LogP contribution < -0.4 is 15.4 Å². The van der Waals surface area contributed by atoms with Gasteiger partial charge < -0.3 is 14.4 Å². The first-order valence-electron chi connectivity index (χ1n) is 11.7. The minimum Gasteiger partial charge on any atom is -0.336 e. The minimum atomic E-state index is -0.183. The highest BCUT2D eigenvalue weighted by molar-refractivity contribution is 5.66. The molecule has 32 heavy (non-hydrogen) atoms. The van der Waals surface area contributed by atoms with E-state index < -0.39 is 0 Å². The molecule has 5 heteroatoms. The van der Waals surface area contributed by atoms with Gasteiger partial charge in [0.05, 0.1) is 27.2 Å². The van der Waals surface area contributed by atoms with Gasteiger partial charge in [-0.1, -0.05) is 36.4 Å². The van der Waals surface area contributed by atoms with Crippen LogP contribution in [0.5, 0.6) is 0 Å². The van der Waals surface area contributed by atoms with Gasteiger partial charge in [-0.3, -0.25) is 4.79 Å². The number of nitrogens with zero attached hydrogens (tertiary/aromatic N) is 1. The molecule has 1 unspecified atom stereocenters. The van der Waals surface area contributed by atoms with Gasteiger partial charge in [-0.15, -0.1) is 0 Å². The molecule has 2 aromatic carbocycles. The van der Waals surface area contributed by atoms with Gasteiger partial charge in [0.1, 0.15) is 18.9 Å². The van der Waals surface area contributed by atoms with Crippen LogP contribution in [-0.4, -0.2) is 31.8 Å². The number of quaternary nitrogens is 2. The maximum atomic E-state index is 13.6. The maximum Gasteiger partial charge on any atom is 0.258 e. The SMILES string of the molecule is C[NH+](C)Cc1ccccc1-c1ccc2n(c1=O)C[C@H]1C[C@@H]2C[NH+](Cc2ccc(F)cc2)C1. The van der Waals surface area contributed by atoms with Crippen molar-refractivity contribution >= 4 is 0 Å². The molecule has 0 radical (unpaired) electrons. The van der Waals surface area contributed by atoms with E-state index >= 15 is 0 Å². The van der Waals surface area contributed by atoms with E-state index in [1.807, 2.05) is 24.3 Å². The van der Waals surface area contributed by atoms with Crippen molar-refractivity contribution in [2.75, 3.05) is 27.2 Å². The zero-order valence-electron chi connectivity index (χ0n) is 18.9. The molecule has 5 rings (SSSR count). The molecule has 3 aromatic rings. The van der Waals surface area contributed by atoms with E-state index in [0.717, 1.165) is 50.3 Å². The summed E-state index contributed by atoms with van der Waals surface area (Å²) in [4.78, 5) is 16.5. The van der Waals surface area contributed by atoms with Gasteiger partial charge in [-0.05, 0) is 36.2 Å². The molecule has 2 bridgehead atoms. The van der Waals surface area contributed by atoms with Gasteiger partial charge in [0.2, 0.25) is 0 Å². The molecule has 4 nitrogen and oxygen atoms in total. The zero-order chi connectivity index (χ0) is 22.2. The molecule has 2 N–H and O–H groups in total. The fraction of sp³-hybridized carbons (Fsp3) is 0.370. The van der Waals surface area contributed by atoms with Crippen LogP contribution >= 0.6 is 0 Å². The Morgan fingerprint density at radius 2 is 1.78 bits per heavy atom. The number of rotatable bonds is 5. The van der Waals surface area contributed by atoms with Gasteiger partial charge in [0.15, 0.2) is 0 Å². The van der Waals surface area contributed by atoms with Crippen molar-refractivity contribution < 1.29 is 14.2 Å². The lowest BCUT2D eigenvalue weighted by atomic mass is 9.82. The highest BCUT2D eigenvalue weighted by atomic mass is 19.1. The van der Waals surface area contributed by atoms with Crippen LogP contribution in [0.3, 0.4) is 0 Å². The molecule has 3 atom stereocenters. The van der Waals surface area contributed by atoms with Crippen molar-refractivity contribution in [3.8, 4) is 11.1 Å². The average molecular weight is 434 g/mol. The largest absolute Gasteiger partial charge is 0.336 e. The van der Waals surface area contributed by atoms with Crippen LogP contribution in [0.25, 0.3) is 11.1 Å². The molecule has 0 aliphatic carbocycles. The third-order valence-corrected chi connectivity index (χ3v) is 7.02. The minimum absolute atomic E-state index is 0.153. The predicted molar refractivity (Wildman–Crippen MR) is 124 cm³/mol. The molecular weight excluding hydrogens is 401 g/mol. The first-order chi connectivity index (χ1) is 15.5. The lowest BCUT2D eigenvalue weighted by molar-refractivity contribution is -0.924. The standard InChI is InChI=1S/C27H30FN3O/c1-29(2)17-21-5-3-4-6-24(21)25-11-12-26-22-13-20(16-31(26)27(25)32)15-30(18-22)14-19-7-9-23(28)10-8-19/h3-12,20,22H,13-18H2,1-2H3/p+2/t20-,22+/m0/s1. The van der Waals surface area contributed by atoms with Gasteiger partial charge in [0.25, 0.3) is 5.56 Å². The molecule has 2 aliphatic rings. The molecular formula is C27H32FN3O+2. The summed E-state index contributed by atoms with van der Waals surface area (Å²) in [6.45, 7) is 4.69. The Morgan fingerprint density at radius 3 is 2.56 bits per heavy atom. The molecule has 0 amide bonds. The summed E-state index contributed by atoms with van der Waals surface area (Å²) < 4.78 is 15.3. The Balaban J connectivity index is 1.43. The highest BCUT2D eigenvalue weighted by Crippen LogP contribution is 2.32. The van der Waals surface area contributed by atoms with Crippen LogP contribution in [-0.2, 0) is 19.6 Å². The summed E-state index contributed by atoms with van der Waals surface area (Å²) in [6, 6.07) is 19.4. The number of hydrogen-bond donors (Lipinski definition) is 2. The summed E-state index contributed by atoms with van der Waals surface area (Å²) in [6.07, 6.45) is 1.16. The van der Waals surface area contributed by atoms with Gasteiger partial charge in [0, 0.05) is 40.8 Å². The topological polar surface area (TPSA) is 30.9 Å². The molecule has 0 spiro atoms. The van der Waals surface area contributed by atoms with Crippen molar-refractivity contribution in [3.05, 3.63) is 93.7 Å². The Hall–Kier alpha value is -2.76. The summed E-state index contributed by atoms with van der Waals surface area (Å²) in [5.74, 6) is 0.726. The van der Waals surface area contributed by atoms with Crippen LogP contribution in [0, 0.1) is 11.7 Å². The third kappa shape index (κ3) is 4.15. The number of hydrogen-bond acceptors (Lipinski definition) is 1. The lowest BCUT2D eigenvalue weighted by Gasteiger charge is -2.40. The van der Waals surface area contributed by atoms with Crippen LogP contribution in [0.2, 0.25) is 0 Å². The van der Waals surface area contributed by atoms with Gasteiger partial charge >= 0.3 is 0 Å². The Labute approximate surface area is 188 Å². The zero-order valence-corrected chi connectivity index (χ0v) is 18.9. The Kier molecular flexibility index (Phi) is 5.70. The second-order valence-corrected chi connectivity index (χ2v) is 9.89. The van der Waals surface area contributed by atoms with Crippen molar-refractivity contribution in [2.45, 2.75) is 32.0 Å². The fourth-order valence-corrected chi connectivity index (χ4v) is 5.73. The van der Waals surface area contributed by atoms with Gasteiger partial charge in [-0.2, -0.15) is 0 Å². The van der Waals surface area contributed by atoms with Gasteiger partial charge in [-0.25, -0.2) is 4.39 Å². The predicted octanol–water partition coefficient (Wildman–Crippen LogP) is 1.50. The Bertz CT molecular complexity index is 1170. The van der Waals surface area contributed by atoms with E-state index in [0.29, 0.717) is 11.8 Å². The number of halogens is 1. The smallest absolute Gasteiger partial charge is 0.258 e. The molecule has 2 aliphatic heterocycles. The summed E-state index contributed by atoms with van der Waals surface area (Å²) in [7, 11) is 4.27. The molecule has 1 aromatic heterocycles. The summed E-state index contributed by atoms with van der Waals surface area (Å²) in [5.41, 5.74) is 5.61. The summed E-state index contributed by atoms with van der Waals surface area (Å²) in [5, 5.41) is 0.